The van der Waals surface area contributed by atoms with Crippen molar-refractivity contribution < 1.29 is 38.1 Å². The maximum absolute atomic E-state index is 14.0. The molecule has 49 heavy (non-hydrogen) atoms. The highest BCUT2D eigenvalue weighted by molar-refractivity contribution is 5.97. The first-order chi connectivity index (χ1) is 23.0. The van der Waals surface area contributed by atoms with Crippen molar-refractivity contribution >= 4 is 17.8 Å². The molecule has 0 aromatic carbocycles. The van der Waals surface area contributed by atoms with Crippen LogP contribution in [0.15, 0.2) is 5.11 Å². The number of carbonyl (C=O) groups excluding carboxylic acids is 3. The van der Waals surface area contributed by atoms with Gasteiger partial charge in [-0.3, -0.25) is 9.59 Å². The van der Waals surface area contributed by atoms with Gasteiger partial charge in [0.15, 0.2) is 11.9 Å². The first-order valence-corrected chi connectivity index (χ1v) is 18.3. The van der Waals surface area contributed by atoms with E-state index in [0.29, 0.717) is 38.8 Å². The number of methoxy groups -OCH3 is 1. The molecule has 3 rings (SSSR count). The molecule has 0 aliphatic carbocycles. The minimum absolute atomic E-state index is 0.00347. The summed E-state index contributed by atoms with van der Waals surface area (Å²) in [6.45, 7) is 16.8. The van der Waals surface area contributed by atoms with E-state index < -0.39 is 54.1 Å². The zero-order valence-electron chi connectivity index (χ0n) is 31.8. The molecule has 3 heterocycles. The summed E-state index contributed by atoms with van der Waals surface area (Å²) in [5.41, 5.74) is 6.66. The van der Waals surface area contributed by atoms with E-state index in [9.17, 15) is 14.4 Å². The number of esters is 1. The number of cyclic esters (lactones) is 1. The molecule has 3 aliphatic rings. The third-order valence-corrected chi connectivity index (χ3v) is 11.4. The first-order valence-electron chi connectivity index (χ1n) is 18.3. The van der Waals surface area contributed by atoms with Crippen molar-refractivity contribution in [1.29, 1.82) is 0 Å². The number of ether oxygens (including phenoxy) is 5. The van der Waals surface area contributed by atoms with Gasteiger partial charge in [0.25, 0.3) is 0 Å². The van der Waals surface area contributed by atoms with Crippen LogP contribution in [-0.4, -0.2) is 110 Å². The van der Waals surface area contributed by atoms with E-state index in [-0.39, 0.29) is 41.7 Å². The van der Waals surface area contributed by atoms with Crippen LogP contribution in [0.3, 0.4) is 0 Å². The number of ketones is 1. The summed E-state index contributed by atoms with van der Waals surface area (Å²) in [7, 11) is 5.77. The van der Waals surface area contributed by atoms with Crippen molar-refractivity contribution in [2.24, 2.45) is 28.8 Å². The molecule has 0 saturated carbocycles. The number of hydrogen-bond donors (Lipinski definition) is 0. The molecule has 3 aliphatic heterocycles. The number of hydrogen-bond acceptors (Lipinski definition) is 10. The average Bonchev–Trinajstić information content (AvgIpc) is 3.30. The Balaban J connectivity index is 1.98. The molecule has 0 N–H and O–H groups in total. The van der Waals surface area contributed by atoms with Crippen LogP contribution in [0.1, 0.15) is 107 Å². The Hall–Kier alpha value is -2.44. The molecular weight excluding hydrogens is 630 g/mol. The highest BCUT2D eigenvalue weighted by Crippen LogP contribution is 2.43. The van der Waals surface area contributed by atoms with Gasteiger partial charge in [0.2, 0.25) is 0 Å². The number of rotatable bonds is 10. The van der Waals surface area contributed by atoms with Gasteiger partial charge in [-0.15, -0.1) is 0 Å². The lowest BCUT2D eigenvalue weighted by molar-refractivity contribution is -0.280. The summed E-state index contributed by atoms with van der Waals surface area (Å²) in [4.78, 5) is 47.7. The maximum Gasteiger partial charge on any atom is 0.410 e. The van der Waals surface area contributed by atoms with Crippen LogP contribution in [0.2, 0.25) is 0 Å². The molecule has 280 valence electrons. The van der Waals surface area contributed by atoms with E-state index in [1.165, 1.54) is 0 Å². The predicted molar refractivity (Wildman–Crippen MR) is 186 cm³/mol. The van der Waals surface area contributed by atoms with Gasteiger partial charge in [-0.25, -0.2) is 4.79 Å². The number of nitrogens with zero attached hydrogens (tertiary/aromatic N) is 5. The van der Waals surface area contributed by atoms with Crippen LogP contribution >= 0.6 is 0 Å². The van der Waals surface area contributed by atoms with Crippen LogP contribution in [0, 0.1) is 23.7 Å². The molecule has 13 heteroatoms. The van der Waals surface area contributed by atoms with Crippen molar-refractivity contribution in [3.8, 4) is 0 Å². The van der Waals surface area contributed by atoms with Crippen molar-refractivity contribution in [1.82, 2.24) is 9.80 Å². The zero-order chi connectivity index (χ0) is 36.7. The Morgan fingerprint density at radius 3 is 2.39 bits per heavy atom. The molecule has 0 aromatic rings. The predicted octanol–water partition coefficient (Wildman–Crippen LogP) is 6.52. The fourth-order valence-electron chi connectivity index (χ4n) is 8.61. The van der Waals surface area contributed by atoms with Crippen LogP contribution in [0.25, 0.3) is 10.4 Å². The van der Waals surface area contributed by atoms with Gasteiger partial charge in [0.05, 0.1) is 23.9 Å². The number of fused-ring (bicyclic) bond motifs is 1. The Labute approximate surface area is 293 Å². The van der Waals surface area contributed by atoms with Crippen LogP contribution in [-0.2, 0) is 33.3 Å². The lowest BCUT2D eigenvalue weighted by Crippen LogP contribution is -2.56. The van der Waals surface area contributed by atoms with E-state index in [0.717, 1.165) is 19.3 Å². The molecule has 4 unspecified atom stereocenters. The number of Topliss-reactive ketones (excluding diaryl/α,β-unsaturated/α-hetero) is 1. The lowest BCUT2D eigenvalue weighted by Gasteiger charge is -2.47. The second kappa shape index (κ2) is 17.7. The summed E-state index contributed by atoms with van der Waals surface area (Å²) < 4.78 is 31.6. The van der Waals surface area contributed by atoms with Crippen molar-refractivity contribution in [3.05, 3.63) is 10.4 Å². The average molecular weight is 694 g/mol. The van der Waals surface area contributed by atoms with Gasteiger partial charge < -0.3 is 33.5 Å². The van der Waals surface area contributed by atoms with Crippen molar-refractivity contribution in [3.63, 3.8) is 0 Å². The number of amides is 1. The van der Waals surface area contributed by atoms with Gasteiger partial charge in [-0.2, -0.15) is 0 Å². The Kier molecular flexibility index (Phi) is 14.8. The molecule has 3 fully saturated rings. The van der Waals surface area contributed by atoms with E-state index in [2.05, 4.69) is 49.8 Å². The summed E-state index contributed by atoms with van der Waals surface area (Å²) in [5, 5.41) is 3.62. The molecule has 0 aromatic heterocycles. The smallest absolute Gasteiger partial charge is 0.410 e. The first kappa shape index (κ1) is 41.0. The molecule has 0 bridgehead atoms. The summed E-state index contributed by atoms with van der Waals surface area (Å²) in [6, 6.07) is -0.136. The van der Waals surface area contributed by atoms with Gasteiger partial charge in [0.1, 0.15) is 18.3 Å². The Morgan fingerprint density at radius 2 is 1.78 bits per heavy atom. The molecule has 0 spiro atoms. The third kappa shape index (κ3) is 9.67. The highest BCUT2D eigenvalue weighted by Gasteiger charge is 2.58. The number of azide groups is 1. The van der Waals surface area contributed by atoms with Crippen LogP contribution in [0.4, 0.5) is 4.79 Å². The molecular formula is C36H63N5O8. The highest BCUT2D eigenvalue weighted by atomic mass is 16.7. The van der Waals surface area contributed by atoms with Gasteiger partial charge in [-0.1, -0.05) is 46.2 Å². The zero-order valence-corrected chi connectivity index (χ0v) is 31.8. The monoisotopic (exact) mass is 693 g/mol. The normalized spacial score (nSPS) is 39.8. The molecule has 12 atom stereocenters. The molecule has 13 nitrogen and oxygen atoms in total. The molecule has 3 saturated heterocycles. The summed E-state index contributed by atoms with van der Waals surface area (Å²) in [5.74, 6) is -1.47. The minimum atomic E-state index is -1.12. The van der Waals surface area contributed by atoms with Crippen LogP contribution < -0.4 is 0 Å². The van der Waals surface area contributed by atoms with Crippen molar-refractivity contribution in [2.45, 2.75) is 155 Å². The van der Waals surface area contributed by atoms with Crippen molar-refractivity contribution in [2.75, 3.05) is 34.3 Å². The van der Waals surface area contributed by atoms with E-state index >= 15 is 0 Å². The van der Waals surface area contributed by atoms with E-state index in [1.54, 1.807) is 18.9 Å². The van der Waals surface area contributed by atoms with Crippen LogP contribution in [0.5, 0.6) is 0 Å². The fraction of sp³-hybridized carbons (Fsp3) is 0.917. The van der Waals surface area contributed by atoms with Gasteiger partial charge >= 0.3 is 12.1 Å². The van der Waals surface area contributed by atoms with Gasteiger partial charge in [0, 0.05) is 43.0 Å². The quantitative estimate of drug-likeness (QED) is 0.0622. The third-order valence-electron chi connectivity index (χ3n) is 11.4. The topological polar surface area (TPSA) is 153 Å². The summed E-state index contributed by atoms with van der Waals surface area (Å²) >= 11 is 0. The largest absolute Gasteiger partial charge is 0.458 e. The van der Waals surface area contributed by atoms with Gasteiger partial charge in [-0.05, 0) is 90.8 Å². The van der Waals surface area contributed by atoms with E-state index in [1.807, 2.05) is 27.7 Å². The second-order valence-electron chi connectivity index (χ2n) is 15.5. The minimum Gasteiger partial charge on any atom is -0.458 e. The van der Waals surface area contributed by atoms with E-state index in [4.69, 9.17) is 29.2 Å². The SMILES string of the molecule is CC[C@H]1OC(=O)CC(=O)[C@H](C)[C@@H](OC2OC(C)CC(N(C)C)C2C)[C@](C)(OC)C[C@@H](C)CC[C@H](C)[C@H]2N(CCCCN=[N+]=[N-])C(=O)O[C@]12C. The Morgan fingerprint density at radius 1 is 1.08 bits per heavy atom. The second-order valence-corrected chi connectivity index (χ2v) is 15.5. The standard InChI is InChI=1S/C36H63N5O8/c1-12-29-36(8)31(41(34(44)49-36)18-14-13-17-38-39-37)23(3)16-15-22(2)21-35(7,45-11)32(26(6)28(42)20-30(43)47-29)48-33-25(5)27(40(9)10)19-24(4)46-33/h22-27,29,31-33H,12-21H2,1-11H3/t22-,23-,24?,25?,26-,27?,29+,31+,32+,33?,35+,36+/m0/s1. The molecule has 1 amide bonds. The number of unbranched alkanes of at least 4 members (excludes halogenated alkanes) is 1. The Bertz CT molecular complexity index is 1180. The maximum atomic E-state index is 14.0. The summed E-state index contributed by atoms with van der Waals surface area (Å²) in [6.07, 6.45) is 1.82. The molecule has 0 radical (unpaired) electrons. The number of carbonyl (C=O) groups is 3. The lowest BCUT2D eigenvalue weighted by atomic mass is 9.76. The fourth-order valence-corrected chi connectivity index (χ4v) is 8.61.